The summed E-state index contributed by atoms with van der Waals surface area (Å²) in [6.07, 6.45) is 0. The lowest BCUT2D eigenvalue weighted by molar-refractivity contribution is -0.119. The maximum Gasteiger partial charge on any atom is 0.359 e. The van der Waals surface area contributed by atoms with E-state index >= 15 is 0 Å². The molecule has 25 heavy (non-hydrogen) atoms. The number of nitrogens with one attached hydrogen (secondary N) is 1. The normalized spacial score (nSPS) is 11.0. The van der Waals surface area contributed by atoms with Gasteiger partial charge in [-0.1, -0.05) is 32.9 Å². The van der Waals surface area contributed by atoms with E-state index in [-0.39, 0.29) is 16.7 Å². The zero-order valence-corrected chi connectivity index (χ0v) is 14.7. The number of carbonyl (C=O) groups excluding carboxylic acids is 2. The van der Waals surface area contributed by atoms with Crippen LogP contribution in [-0.4, -0.2) is 28.3 Å². The number of hydrogen-bond donors (Lipinski definition) is 1. The summed E-state index contributed by atoms with van der Waals surface area (Å²) in [5.74, 6) is -1.23. The second kappa shape index (κ2) is 7.29. The van der Waals surface area contributed by atoms with Crippen molar-refractivity contribution < 1.29 is 14.3 Å². The average molecular weight is 343 g/mol. The zero-order valence-electron chi connectivity index (χ0n) is 14.7. The molecule has 1 aromatic carbocycles. The summed E-state index contributed by atoms with van der Waals surface area (Å²) in [5.41, 5.74) is 1.42. The largest absolute Gasteiger partial charge is 0.451 e. The number of aromatic nitrogens is 2. The van der Waals surface area contributed by atoms with E-state index in [1.807, 2.05) is 12.1 Å². The highest BCUT2D eigenvalue weighted by molar-refractivity contribution is 5.94. The molecule has 1 heterocycles. The van der Waals surface area contributed by atoms with Crippen molar-refractivity contribution in [2.45, 2.75) is 26.2 Å². The molecule has 1 amide bonds. The number of nitrogens with zero attached hydrogens (tertiary/aromatic N) is 2. The van der Waals surface area contributed by atoms with Crippen molar-refractivity contribution >= 4 is 17.6 Å². The quantitative estimate of drug-likeness (QED) is 0.856. The summed E-state index contributed by atoms with van der Waals surface area (Å²) in [5, 5.41) is 6.42. The Kier molecular flexibility index (Phi) is 5.36. The van der Waals surface area contributed by atoms with Crippen molar-refractivity contribution in [2.24, 2.45) is 7.05 Å². The smallest absolute Gasteiger partial charge is 0.359 e. The molecule has 1 N–H and O–H groups in total. The van der Waals surface area contributed by atoms with Crippen LogP contribution < -0.4 is 10.9 Å². The van der Waals surface area contributed by atoms with Gasteiger partial charge in [0.1, 0.15) is 0 Å². The highest BCUT2D eigenvalue weighted by Gasteiger charge is 2.15. The van der Waals surface area contributed by atoms with Gasteiger partial charge in [0.2, 0.25) is 0 Å². The molecule has 0 bridgehead atoms. The van der Waals surface area contributed by atoms with Gasteiger partial charge in [-0.05, 0) is 29.2 Å². The number of benzene rings is 1. The zero-order chi connectivity index (χ0) is 18.6. The third-order valence-electron chi connectivity index (χ3n) is 3.54. The van der Waals surface area contributed by atoms with Crippen LogP contribution in [0.5, 0.6) is 0 Å². The number of anilines is 1. The molecule has 132 valence electrons. The van der Waals surface area contributed by atoms with E-state index in [0.717, 1.165) is 10.2 Å². The lowest BCUT2D eigenvalue weighted by Gasteiger charge is -2.19. The Labute approximate surface area is 145 Å². The van der Waals surface area contributed by atoms with E-state index < -0.39 is 18.5 Å². The van der Waals surface area contributed by atoms with E-state index in [0.29, 0.717) is 5.69 Å². The van der Waals surface area contributed by atoms with Crippen LogP contribution in [0.1, 0.15) is 36.8 Å². The number of rotatable bonds is 4. The van der Waals surface area contributed by atoms with E-state index in [1.54, 1.807) is 12.1 Å². The molecule has 0 saturated carbocycles. The number of aryl methyl sites for hydroxylation is 1. The molecule has 2 rings (SSSR count). The fourth-order valence-corrected chi connectivity index (χ4v) is 2.07. The molecule has 0 radical (unpaired) electrons. The van der Waals surface area contributed by atoms with Crippen molar-refractivity contribution in [2.75, 3.05) is 11.9 Å². The van der Waals surface area contributed by atoms with Crippen LogP contribution >= 0.6 is 0 Å². The molecule has 0 saturated heterocycles. The maximum atomic E-state index is 11.9. The summed E-state index contributed by atoms with van der Waals surface area (Å²) in [6, 6.07) is 9.95. The van der Waals surface area contributed by atoms with Crippen molar-refractivity contribution in [3.05, 3.63) is 58.0 Å². The minimum atomic E-state index is -0.770. The Bertz CT molecular complexity index is 833. The third kappa shape index (κ3) is 5.00. The first-order valence-corrected chi connectivity index (χ1v) is 7.79. The summed E-state index contributed by atoms with van der Waals surface area (Å²) in [6.45, 7) is 5.87. The number of ether oxygens (including phenoxy) is 1. The summed E-state index contributed by atoms with van der Waals surface area (Å²) in [4.78, 5) is 35.0. The van der Waals surface area contributed by atoms with Gasteiger partial charge in [-0.2, -0.15) is 5.10 Å². The van der Waals surface area contributed by atoms with Gasteiger partial charge in [-0.3, -0.25) is 9.59 Å². The Morgan fingerprint density at radius 2 is 1.76 bits per heavy atom. The first-order chi connectivity index (χ1) is 11.7. The Hall–Kier alpha value is -2.96. The van der Waals surface area contributed by atoms with Gasteiger partial charge in [0, 0.05) is 18.8 Å². The van der Waals surface area contributed by atoms with Gasteiger partial charge in [-0.15, -0.1) is 0 Å². The SMILES string of the molecule is Cn1nc(C(=O)OCC(=O)Nc2ccc(C(C)(C)C)cc2)ccc1=O. The van der Waals surface area contributed by atoms with Crippen molar-refractivity contribution in [1.82, 2.24) is 9.78 Å². The second-order valence-electron chi connectivity index (χ2n) is 6.63. The van der Waals surface area contributed by atoms with Gasteiger partial charge in [0.25, 0.3) is 11.5 Å². The van der Waals surface area contributed by atoms with Crippen molar-refractivity contribution in [1.29, 1.82) is 0 Å². The molecule has 7 nitrogen and oxygen atoms in total. The summed E-state index contributed by atoms with van der Waals surface area (Å²) in [7, 11) is 1.42. The number of hydrogen-bond acceptors (Lipinski definition) is 5. The molecule has 0 aliphatic rings. The van der Waals surface area contributed by atoms with Crippen LogP contribution in [0, 0.1) is 0 Å². The molecule has 1 aromatic heterocycles. The third-order valence-corrected chi connectivity index (χ3v) is 3.54. The molecule has 0 fully saturated rings. The minimum absolute atomic E-state index is 0.0286. The van der Waals surface area contributed by atoms with E-state index in [2.05, 4.69) is 31.2 Å². The Morgan fingerprint density at radius 1 is 1.12 bits per heavy atom. The molecule has 0 atom stereocenters. The lowest BCUT2D eigenvalue weighted by atomic mass is 9.87. The van der Waals surface area contributed by atoms with E-state index in [9.17, 15) is 14.4 Å². The van der Waals surface area contributed by atoms with Gasteiger partial charge in [0.15, 0.2) is 12.3 Å². The molecular formula is C18H21N3O4. The minimum Gasteiger partial charge on any atom is -0.451 e. The first-order valence-electron chi connectivity index (χ1n) is 7.79. The number of amides is 1. The standard InChI is InChI=1S/C18H21N3O4/c1-18(2,3)12-5-7-13(8-6-12)19-15(22)11-25-17(24)14-9-10-16(23)21(4)20-14/h5-10H,11H2,1-4H3,(H,19,22). The van der Waals surface area contributed by atoms with Crippen LogP contribution in [0.15, 0.2) is 41.2 Å². The van der Waals surface area contributed by atoms with Gasteiger partial charge >= 0.3 is 5.97 Å². The van der Waals surface area contributed by atoms with Gasteiger partial charge in [-0.25, -0.2) is 9.48 Å². The monoisotopic (exact) mass is 343 g/mol. The molecular weight excluding hydrogens is 322 g/mol. The van der Waals surface area contributed by atoms with Crippen molar-refractivity contribution in [3.63, 3.8) is 0 Å². The molecule has 2 aromatic rings. The van der Waals surface area contributed by atoms with Gasteiger partial charge in [0.05, 0.1) is 0 Å². The predicted molar refractivity (Wildman–Crippen MR) is 93.5 cm³/mol. The summed E-state index contributed by atoms with van der Waals surface area (Å²) < 4.78 is 5.93. The highest BCUT2D eigenvalue weighted by Crippen LogP contribution is 2.23. The van der Waals surface area contributed by atoms with Crippen LogP contribution in [-0.2, 0) is 22.0 Å². The predicted octanol–water partition coefficient (Wildman–Crippen LogP) is 1.87. The van der Waals surface area contributed by atoms with Crippen LogP contribution in [0.2, 0.25) is 0 Å². The maximum absolute atomic E-state index is 11.9. The molecule has 0 aliphatic carbocycles. The molecule has 7 heteroatoms. The van der Waals surface area contributed by atoms with Crippen LogP contribution in [0.25, 0.3) is 0 Å². The molecule has 0 aliphatic heterocycles. The molecule has 0 unspecified atom stereocenters. The fourth-order valence-electron chi connectivity index (χ4n) is 2.07. The van der Waals surface area contributed by atoms with Crippen LogP contribution in [0.4, 0.5) is 5.69 Å². The fraction of sp³-hybridized carbons (Fsp3) is 0.333. The van der Waals surface area contributed by atoms with E-state index in [4.69, 9.17) is 4.74 Å². The Balaban J connectivity index is 1.91. The van der Waals surface area contributed by atoms with Crippen molar-refractivity contribution in [3.8, 4) is 0 Å². The van der Waals surface area contributed by atoms with Crippen LogP contribution in [0.3, 0.4) is 0 Å². The average Bonchev–Trinajstić information content (AvgIpc) is 2.55. The number of esters is 1. The Morgan fingerprint density at radius 3 is 2.32 bits per heavy atom. The first kappa shape index (κ1) is 18.4. The van der Waals surface area contributed by atoms with E-state index in [1.165, 1.54) is 19.2 Å². The molecule has 0 spiro atoms. The summed E-state index contributed by atoms with van der Waals surface area (Å²) >= 11 is 0. The number of carbonyl (C=O) groups is 2. The van der Waals surface area contributed by atoms with Gasteiger partial charge < -0.3 is 10.1 Å². The second-order valence-corrected chi connectivity index (χ2v) is 6.63. The lowest BCUT2D eigenvalue weighted by Crippen LogP contribution is -2.24. The highest BCUT2D eigenvalue weighted by atomic mass is 16.5. The topological polar surface area (TPSA) is 90.3 Å².